The number of hydrogen-bond donors (Lipinski definition) is 2. The van der Waals surface area contributed by atoms with Gasteiger partial charge >= 0.3 is 29.1 Å². The second-order valence-electron chi connectivity index (χ2n) is 6.09. The Bertz CT molecular complexity index is 1140. The van der Waals surface area contributed by atoms with Crippen LogP contribution in [0.2, 0.25) is 0 Å². The fraction of sp³-hybridized carbons (Fsp3) is 0.278. The van der Waals surface area contributed by atoms with E-state index in [1.807, 2.05) is 4.98 Å². The van der Waals surface area contributed by atoms with Gasteiger partial charge in [-0.25, -0.2) is 33.1 Å². The van der Waals surface area contributed by atoms with Crippen molar-refractivity contribution in [3.05, 3.63) is 67.4 Å². The zero-order valence-corrected chi connectivity index (χ0v) is 16.1. The number of hydrogen-bond acceptors (Lipinski definition) is 7. The summed E-state index contributed by atoms with van der Waals surface area (Å²) < 4.78 is 11.2. The molecule has 0 saturated carbocycles. The summed E-state index contributed by atoms with van der Waals surface area (Å²) in [7, 11) is 1.22. The number of aromatic nitrogens is 3. The van der Waals surface area contributed by atoms with Crippen molar-refractivity contribution in [3.63, 3.8) is 0 Å². The van der Waals surface area contributed by atoms with E-state index in [0.29, 0.717) is 5.56 Å². The van der Waals surface area contributed by atoms with Gasteiger partial charge in [-0.2, -0.15) is 0 Å². The van der Waals surface area contributed by atoms with Crippen molar-refractivity contribution in [2.24, 2.45) is 7.05 Å². The lowest BCUT2D eigenvalue weighted by molar-refractivity contribution is -0.139. The van der Waals surface area contributed by atoms with E-state index in [-0.39, 0.29) is 30.2 Å². The van der Waals surface area contributed by atoms with Crippen molar-refractivity contribution in [1.82, 2.24) is 14.1 Å². The van der Waals surface area contributed by atoms with Crippen molar-refractivity contribution in [2.75, 3.05) is 18.5 Å². The summed E-state index contributed by atoms with van der Waals surface area (Å²) in [6.07, 6.45) is -0.821. The number of esters is 1. The van der Waals surface area contributed by atoms with E-state index in [0.717, 1.165) is 9.13 Å². The standard InChI is InChI=1S/C18H20N4O7/c1-10(2)14(23)28-7-8-29-17(26)19-13-9-12(6-5-11(13)3)22-16(25)20-15(24)21(4)18(22)27/h5-6,9H,1,7-8H2,2-4H3,(H,19,26)(H,20,24,25). The third-order valence-electron chi connectivity index (χ3n) is 3.81. The molecule has 1 aromatic heterocycles. The Kier molecular flexibility index (Phi) is 6.55. The van der Waals surface area contributed by atoms with Gasteiger partial charge in [-0.15, -0.1) is 0 Å². The quantitative estimate of drug-likeness (QED) is 0.398. The van der Waals surface area contributed by atoms with Crippen LogP contribution in [0, 0.1) is 6.92 Å². The largest absolute Gasteiger partial charge is 0.459 e. The molecule has 2 N–H and O–H groups in total. The third-order valence-corrected chi connectivity index (χ3v) is 3.81. The number of H-pyrrole nitrogens is 1. The molecule has 0 saturated heterocycles. The second kappa shape index (κ2) is 8.87. The number of carbonyl (C=O) groups excluding carboxylic acids is 2. The van der Waals surface area contributed by atoms with Crippen molar-refractivity contribution in [2.45, 2.75) is 13.8 Å². The number of carbonyl (C=O) groups is 2. The number of rotatable bonds is 6. The molecule has 0 bridgehead atoms. The van der Waals surface area contributed by atoms with E-state index in [9.17, 15) is 24.0 Å². The molecule has 11 heteroatoms. The van der Waals surface area contributed by atoms with Crippen LogP contribution in [-0.4, -0.2) is 39.4 Å². The molecular weight excluding hydrogens is 384 g/mol. The highest BCUT2D eigenvalue weighted by Crippen LogP contribution is 2.18. The van der Waals surface area contributed by atoms with Crippen LogP contribution in [0.5, 0.6) is 0 Å². The minimum atomic E-state index is -0.908. The molecule has 0 aliphatic heterocycles. The highest BCUT2D eigenvalue weighted by molar-refractivity contribution is 5.87. The van der Waals surface area contributed by atoms with Gasteiger partial charge < -0.3 is 9.47 Å². The first-order chi connectivity index (χ1) is 13.6. The number of ether oxygens (including phenoxy) is 2. The van der Waals surface area contributed by atoms with Crippen LogP contribution in [0.3, 0.4) is 0 Å². The van der Waals surface area contributed by atoms with Crippen LogP contribution in [0.25, 0.3) is 5.69 Å². The minimum absolute atomic E-state index is 0.138. The predicted molar refractivity (Wildman–Crippen MR) is 103 cm³/mol. The molecule has 0 spiro atoms. The number of anilines is 1. The molecule has 0 atom stereocenters. The molecule has 0 aliphatic carbocycles. The van der Waals surface area contributed by atoms with Gasteiger partial charge in [0.2, 0.25) is 0 Å². The van der Waals surface area contributed by atoms with E-state index in [4.69, 9.17) is 9.47 Å². The fourth-order valence-electron chi connectivity index (χ4n) is 2.20. The molecule has 0 fully saturated rings. The number of nitrogens with one attached hydrogen (secondary N) is 2. The van der Waals surface area contributed by atoms with Gasteiger partial charge in [-0.1, -0.05) is 12.6 Å². The first-order valence-corrected chi connectivity index (χ1v) is 8.41. The Hall–Kier alpha value is -3.89. The maximum absolute atomic E-state index is 12.3. The summed E-state index contributed by atoms with van der Waals surface area (Å²) in [5, 5.41) is 2.48. The molecule has 0 aliphatic rings. The smallest absolute Gasteiger partial charge is 0.411 e. The summed E-state index contributed by atoms with van der Waals surface area (Å²) in [5.74, 6) is -0.592. The van der Waals surface area contributed by atoms with E-state index in [1.165, 1.54) is 26.1 Å². The molecule has 11 nitrogen and oxygen atoms in total. The van der Waals surface area contributed by atoms with Crippen LogP contribution < -0.4 is 22.4 Å². The van der Waals surface area contributed by atoms with Crippen LogP contribution in [0.1, 0.15) is 12.5 Å². The Morgan fingerprint density at radius 3 is 2.45 bits per heavy atom. The zero-order chi connectivity index (χ0) is 21.7. The Morgan fingerprint density at radius 1 is 1.14 bits per heavy atom. The summed E-state index contributed by atoms with van der Waals surface area (Å²) in [4.78, 5) is 61.0. The number of amides is 1. The normalized spacial score (nSPS) is 10.3. The Morgan fingerprint density at radius 2 is 1.79 bits per heavy atom. The molecule has 0 unspecified atom stereocenters. The number of nitrogens with zero attached hydrogens (tertiary/aromatic N) is 2. The number of benzene rings is 1. The summed E-state index contributed by atoms with van der Waals surface area (Å²) >= 11 is 0. The van der Waals surface area contributed by atoms with Gasteiger partial charge in [0.15, 0.2) is 0 Å². The maximum atomic E-state index is 12.3. The van der Waals surface area contributed by atoms with Gasteiger partial charge in [-0.3, -0.25) is 10.3 Å². The lowest BCUT2D eigenvalue weighted by Gasteiger charge is -2.12. The first-order valence-electron chi connectivity index (χ1n) is 8.41. The van der Waals surface area contributed by atoms with Crippen LogP contribution in [-0.2, 0) is 21.3 Å². The van der Waals surface area contributed by atoms with E-state index < -0.39 is 29.1 Å². The topological polar surface area (TPSA) is 141 Å². The fourth-order valence-corrected chi connectivity index (χ4v) is 2.20. The molecule has 2 aromatic rings. The second-order valence-corrected chi connectivity index (χ2v) is 6.09. The van der Waals surface area contributed by atoms with Gasteiger partial charge in [0.1, 0.15) is 13.2 Å². The lowest BCUT2D eigenvalue weighted by atomic mass is 10.2. The average Bonchev–Trinajstić information content (AvgIpc) is 2.65. The van der Waals surface area contributed by atoms with Crippen LogP contribution in [0.4, 0.5) is 10.5 Å². The van der Waals surface area contributed by atoms with Gasteiger partial charge in [0.05, 0.1) is 5.69 Å². The average molecular weight is 404 g/mol. The summed E-state index contributed by atoms with van der Waals surface area (Å²) in [6.45, 7) is 6.30. The summed E-state index contributed by atoms with van der Waals surface area (Å²) in [6, 6.07) is 4.46. The van der Waals surface area contributed by atoms with Crippen molar-refractivity contribution < 1.29 is 19.1 Å². The highest BCUT2D eigenvalue weighted by Gasteiger charge is 2.12. The van der Waals surface area contributed by atoms with Gasteiger partial charge in [0, 0.05) is 18.3 Å². The SMILES string of the molecule is C=C(C)C(=O)OCCOC(=O)Nc1cc(-n2c(=O)[nH]c(=O)n(C)c2=O)ccc1C. The third kappa shape index (κ3) is 5.09. The lowest BCUT2D eigenvalue weighted by Crippen LogP contribution is -2.47. The number of aromatic amines is 1. The zero-order valence-electron chi connectivity index (χ0n) is 16.1. The van der Waals surface area contributed by atoms with Gasteiger partial charge in [0.25, 0.3) is 0 Å². The van der Waals surface area contributed by atoms with Crippen molar-refractivity contribution in [3.8, 4) is 5.69 Å². The van der Waals surface area contributed by atoms with E-state index in [2.05, 4.69) is 11.9 Å². The van der Waals surface area contributed by atoms with Crippen molar-refractivity contribution in [1.29, 1.82) is 0 Å². The molecule has 154 valence electrons. The van der Waals surface area contributed by atoms with E-state index in [1.54, 1.807) is 13.0 Å². The molecule has 2 rings (SSSR count). The van der Waals surface area contributed by atoms with Crippen LogP contribution >= 0.6 is 0 Å². The molecule has 1 amide bonds. The van der Waals surface area contributed by atoms with E-state index >= 15 is 0 Å². The molecule has 1 heterocycles. The highest BCUT2D eigenvalue weighted by atomic mass is 16.6. The molecule has 0 radical (unpaired) electrons. The molecular formula is C18H20N4O7. The maximum Gasteiger partial charge on any atom is 0.411 e. The first kappa shape index (κ1) is 21.4. The minimum Gasteiger partial charge on any atom is -0.459 e. The molecule has 1 aromatic carbocycles. The predicted octanol–water partition coefficient (Wildman–Crippen LogP) is 0.201. The Labute approximate surface area is 164 Å². The Balaban J connectivity index is 2.15. The molecule has 29 heavy (non-hydrogen) atoms. The number of aryl methyl sites for hydroxylation is 1. The van der Waals surface area contributed by atoms with Crippen LogP contribution in [0.15, 0.2) is 44.7 Å². The monoisotopic (exact) mass is 404 g/mol. The van der Waals surface area contributed by atoms with Gasteiger partial charge in [-0.05, 0) is 31.5 Å². The van der Waals surface area contributed by atoms with Crippen molar-refractivity contribution >= 4 is 17.7 Å². The summed E-state index contributed by atoms with van der Waals surface area (Å²) in [5.41, 5.74) is -1.29.